The van der Waals surface area contributed by atoms with Crippen LogP contribution in [0.15, 0.2) is 48.5 Å². The highest BCUT2D eigenvalue weighted by Gasteiger charge is 2.16. The number of carbonyl (C=O) groups is 2. The third-order valence-electron chi connectivity index (χ3n) is 3.07. The molecule has 0 fully saturated rings. The van der Waals surface area contributed by atoms with Gasteiger partial charge in [-0.1, -0.05) is 46.3 Å². The molecule has 5 heteroatoms. The summed E-state index contributed by atoms with van der Waals surface area (Å²) in [7, 11) is 1.29. The van der Waals surface area contributed by atoms with Gasteiger partial charge in [0.05, 0.1) is 12.4 Å². The van der Waals surface area contributed by atoms with Crippen molar-refractivity contribution >= 4 is 27.7 Å². The largest absolute Gasteiger partial charge is 0.488 e. The van der Waals surface area contributed by atoms with Gasteiger partial charge in [0.1, 0.15) is 17.9 Å². The fourth-order valence-electron chi connectivity index (χ4n) is 1.91. The Kier molecular flexibility index (Phi) is 5.72. The lowest BCUT2D eigenvalue weighted by Crippen LogP contribution is -2.09. The van der Waals surface area contributed by atoms with Gasteiger partial charge in [-0.2, -0.15) is 0 Å². The summed E-state index contributed by atoms with van der Waals surface area (Å²) >= 11 is 3.11. The zero-order chi connectivity index (χ0) is 15.9. The molecular weight excluding hydrogens is 348 g/mol. The summed E-state index contributed by atoms with van der Waals surface area (Å²) in [5.41, 5.74) is 1.66. The van der Waals surface area contributed by atoms with E-state index >= 15 is 0 Å². The first-order valence-corrected chi connectivity index (χ1v) is 7.76. The maximum absolute atomic E-state index is 11.9. The monoisotopic (exact) mass is 362 g/mol. The Morgan fingerprint density at radius 2 is 1.82 bits per heavy atom. The van der Waals surface area contributed by atoms with Crippen LogP contribution in [0.3, 0.4) is 0 Å². The van der Waals surface area contributed by atoms with Crippen LogP contribution >= 0.6 is 15.9 Å². The van der Waals surface area contributed by atoms with Gasteiger partial charge in [-0.25, -0.2) is 4.79 Å². The molecule has 22 heavy (non-hydrogen) atoms. The first-order chi connectivity index (χ1) is 10.7. The highest BCUT2D eigenvalue weighted by molar-refractivity contribution is 9.09. The van der Waals surface area contributed by atoms with Gasteiger partial charge < -0.3 is 9.47 Å². The van der Waals surface area contributed by atoms with E-state index in [9.17, 15) is 9.59 Å². The number of hydrogen-bond donors (Lipinski definition) is 0. The van der Waals surface area contributed by atoms with Crippen molar-refractivity contribution in [2.24, 2.45) is 0 Å². The number of Topliss-reactive ketones (excluding diaryl/α,β-unsaturated/α-hetero) is 1. The summed E-state index contributed by atoms with van der Waals surface area (Å²) in [6.45, 7) is 0.330. The molecule has 0 unspecified atom stereocenters. The normalized spacial score (nSPS) is 10.1. The van der Waals surface area contributed by atoms with Gasteiger partial charge in [0.15, 0.2) is 5.78 Å². The average molecular weight is 363 g/mol. The molecule has 0 radical (unpaired) electrons. The van der Waals surface area contributed by atoms with Gasteiger partial charge in [0, 0.05) is 5.56 Å². The number of hydrogen-bond acceptors (Lipinski definition) is 4. The van der Waals surface area contributed by atoms with Crippen LogP contribution in [0.1, 0.15) is 26.3 Å². The minimum atomic E-state index is -0.535. The minimum absolute atomic E-state index is 0.111. The molecule has 0 aliphatic carbocycles. The molecule has 0 atom stereocenters. The Hall–Kier alpha value is -2.14. The fourth-order valence-corrected chi connectivity index (χ4v) is 2.23. The van der Waals surface area contributed by atoms with Crippen LogP contribution in [0.2, 0.25) is 0 Å². The van der Waals surface area contributed by atoms with Crippen molar-refractivity contribution in [2.45, 2.75) is 6.61 Å². The number of halogens is 1. The summed E-state index contributed by atoms with van der Waals surface area (Å²) in [6.07, 6.45) is 0. The Balaban J connectivity index is 2.26. The summed E-state index contributed by atoms with van der Waals surface area (Å²) < 4.78 is 10.4. The highest BCUT2D eigenvalue weighted by Crippen LogP contribution is 2.23. The molecule has 0 spiro atoms. The summed E-state index contributed by atoms with van der Waals surface area (Å²) in [5, 5.41) is 0.192. The molecule has 2 aromatic rings. The first kappa shape index (κ1) is 16.2. The molecule has 0 heterocycles. The van der Waals surface area contributed by atoms with Crippen molar-refractivity contribution in [2.75, 3.05) is 12.4 Å². The van der Waals surface area contributed by atoms with Crippen LogP contribution in [0.25, 0.3) is 0 Å². The third kappa shape index (κ3) is 3.95. The lowest BCUT2D eigenvalue weighted by molar-refractivity contribution is 0.0595. The lowest BCUT2D eigenvalue weighted by Gasteiger charge is -2.11. The van der Waals surface area contributed by atoms with Crippen molar-refractivity contribution < 1.29 is 19.1 Å². The number of esters is 1. The van der Waals surface area contributed by atoms with Crippen LogP contribution in [0.5, 0.6) is 5.75 Å². The molecule has 4 nitrogen and oxygen atoms in total. The third-order valence-corrected chi connectivity index (χ3v) is 3.57. The van der Waals surface area contributed by atoms with Gasteiger partial charge in [0.25, 0.3) is 0 Å². The van der Waals surface area contributed by atoms with E-state index in [-0.39, 0.29) is 16.7 Å². The molecule has 0 aromatic heterocycles. The zero-order valence-electron chi connectivity index (χ0n) is 12.0. The van der Waals surface area contributed by atoms with Crippen molar-refractivity contribution in [3.05, 3.63) is 65.2 Å². The second kappa shape index (κ2) is 7.75. The van der Waals surface area contributed by atoms with E-state index in [1.165, 1.54) is 13.2 Å². The number of carbonyl (C=O) groups excluding carboxylic acids is 2. The molecule has 0 N–H and O–H groups in total. The van der Waals surface area contributed by atoms with E-state index in [4.69, 9.17) is 9.47 Å². The van der Waals surface area contributed by atoms with E-state index in [0.29, 0.717) is 17.9 Å². The maximum atomic E-state index is 11.9. The lowest BCUT2D eigenvalue weighted by atomic mass is 10.1. The molecule has 0 bridgehead atoms. The SMILES string of the molecule is COC(=O)c1cc(C(=O)CBr)ccc1OCc1ccccc1. The number of ether oxygens (including phenoxy) is 2. The summed E-state index contributed by atoms with van der Waals surface area (Å²) in [5.74, 6) is -0.256. The van der Waals surface area contributed by atoms with Gasteiger partial charge in [-0.15, -0.1) is 0 Å². The number of rotatable bonds is 6. The number of benzene rings is 2. The van der Waals surface area contributed by atoms with Crippen molar-refractivity contribution in [3.8, 4) is 5.75 Å². The summed E-state index contributed by atoms with van der Waals surface area (Å²) in [6, 6.07) is 14.4. The predicted molar refractivity (Wildman–Crippen MR) is 86.7 cm³/mol. The standard InChI is InChI=1S/C17H15BrO4/c1-21-17(20)14-9-13(15(19)10-18)7-8-16(14)22-11-12-5-3-2-4-6-12/h2-9H,10-11H2,1H3. The molecule has 2 rings (SSSR count). The van der Waals surface area contributed by atoms with Gasteiger partial charge in [0.2, 0.25) is 0 Å². The number of methoxy groups -OCH3 is 1. The molecular formula is C17H15BrO4. The predicted octanol–water partition coefficient (Wildman–Crippen LogP) is 3.63. The van der Waals surface area contributed by atoms with E-state index < -0.39 is 5.97 Å². The second-order valence-electron chi connectivity index (χ2n) is 4.53. The molecule has 0 aliphatic rings. The van der Waals surface area contributed by atoms with Gasteiger partial charge >= 0.3 is 5.97 Å². The smallest absolute Gasteiger partial charge is 0.341 e. The van der Waals surface area contributed by atoms with E-state index in [0.717, 1.165) is 5.56 Å². The van der Waals surface area contributed by atoms with Crippen molar-refractivity contribution in [1.82, 2.24) is 0 Å². The number of ketones is 1. The van der Waals surface area contributed by atoms with Crippen LogP contribution in [-0.4, -0.2) is 24.2 Å². The molecule has 0 saturated carbocycles. The minimum Gasteiger partial charge on any atom is -0.488 e. The van der Waals surface area contributed by atoms with Crippen LogP contribution in [0, 0.1) is 0 Å². The van der Waals surface area contributed by atoms with E-state index in [2.05, 4.69) is 15.9 Å². The second-order valence-corrected chi connectivity index (χ2v) is 5.09. The maximum Gasteiger partial charge on any atom is 0.341 e. The van der Waals surface area contributed by atoms with Crippen LogP contribution < -0.4 is 4.74 Å². The summed E-state index contributed by atoms with van der Waals surface area (Å²) in [4.78, 5) is 23.6. The van der Waals surface area contributed by atoms with Crippen molar-refractivity contribution in [1.29, 1.82) is 0 Å². The van der Waals surface area contributed by atoms with E-state index in [1.54, 1.807) is 12.1 Å². The first-order valence-electron chi connectivity index (χ1n) is 6.64. The highest BCUT2D eigenvalue weighted by atomic mass is 79.9. The van der Waals surface area contributed by atoms with Gasteiger partial charge in [-0.3, -0.25) is 4.79 Å². The molecule has 114 valence electrons. The quantitative estimate of drug-likeness (QED) is 0.447. The van der Waals surface area contributed by atoms with Gasteiger partial charge in [-0.05, 0) is 23.8 Å². The molecule has 0 amide bonds. The van der Waals surface area contributed by atoms with Crippen LogP contribution in [0.4, 0.5) is 0 Å². The molecule has 0 saturated heterocycles. The zero-order valence-corrected chi connectivity index (χ0v) is 13.6. The fraction of sp³-hybridized carbons (Fsp3) is 0.176. The van der Waals surface area contributed by atoms with E-state index in [1.807, 2.05) is 30.3 Å². The Morgan fingerprint density at radius 1 is 1.09 bits per heavy atom. The Bertz CT molecular complexity index is 668. The Morgan fingerprint density at radius 3 is 2.45 bits per heavy atom. The van der Waals surface area contributed by atoms with Crippen LogP contribution in [-0.2, 0) is 11.3 Å². The number of alkyl halides is 1. The Labute approximate surface area is 137 Å². The average Bonchev–Trinajstić information content (AvgIpc) is 2.59. The van der Waals surface area contributed by atoms with Crippen molar-refractivity contribution in [3.63, 3.8) is 0 Å². The molecule has 0 aliphatic heterocycles. The molecule has 2 aromatic carbocycles. The topological polar surface area (TPSA) is 52.6 Å².